The quantitative estimate of drug-likeness (QED) is 0.222. The molecule has 1 saturated carbocycles. The molecule has 0 aliphatic heterocycles. The Morgan fingerprint density at radius 1 is 0.933 bits per heavy atom. The smallest absolute Gasteiger partial charge is 0.261 e. The van der Waals surface area contributed by atoms with Gasteiger partial charge in [0.25, 0.3) is 8.32 Å². The maximum atomic E-state index is 13.0. The molecule has 6 nitrogen and oxygen atoms in total. The van der Waals surface area contributed by atoms with Crippen molar-refractivity contribution in [3.63, 3.8) is 0 Å². The van der Waals surface area contributed by atoms with Crippen molar-refractivity contribution in [1.29, 1.82) is 0 Å². The van der Waals surface area contributed by atoms with Crippen molar-refractivity contribution >= 4 is 32.8 Å². The monoisotopic (exact) mass is 646 g/mol. The number of aliphatic hydroxyl groups excluding tert-OH is 1. The summed E-state index contributed by atoms with van der Waals surface area (Å²) in [4.78, 5) is 13.0. The summed E-state index contributed by atoms with van der Waals surface area (Å²) in [6.45, 7) is 17.4. The van der Waals surface area contributed by atoms with Crippen LogP contribution in [-0.2, 0) is 23.1 Å². The third-order valence-electron chi connectivity index (χ3n) is 8.84. The first-order valence-electron chi connectivity index (χ1n) is 15.5. The van der Waals surface area contributed by atoms with Crippen LogP contribution in [0, 0.1) is 29.6 Å². The number of allylic oxidation sites excluding steroid dienone is 1. The molecule has 0 heterocycles. The van der Waals surface area contributed by atoms with Crippen molar-refractivity contribution < 1.29 is 28.2 Å². The Labute approximate surface area is 272 Å². The zero-order valence-electron chi connectivity index (χ0n) is 28.6. The second-order valence-corrected chi connectivity index (χ2v) is 23.1. The number of benzene rings is 2. The lowest BCUT2D eigenvalue weighted by atomic mass is 10.1. The fraction of sp³-hybridized carbons (Fsp3) is 0.486. The van der Waals surface area contributed by atoms with E-state index in [0.29, 0.717) is 5.57 Å². The molecule has 3 atom stereocenters. The lowest BCUT2D eigenvalue weighted by Crippen LogP contribution is -2.66. The summed E-state index contributed by atoms with van der Waals surface area (Å²) in [6, 6.07) is 20.8. The Balaban J connectivity index is 2.02. The third-order valence-corrected chi connectivity index (χ3v) is 18.3. The largest absolute Gasteiger partial charge is 0.404 e. The molecule has 1 fully saturated rings. The lowest BCUT2D eigenvalue weighted by Gasteiger charge is -2.43. The van der Waals surface area contributed by atoms with Crippen LogP contribution >= 0.6 is 0 Å². The van der Waals surface area contributed by atoms with Crippen molar-refractivity contribution in [2.45, 2.75) is 89.6 Å². The van der Waals surface area contributed by atoms with E-state index in [1.165, 1.54) is 14.2 Å². The molecule has 2 aromatic rings. The topological polar surface area (TPSA) is 74.2 Å². The zero-order chi connectivity index (χ0) is 33.5. The Bertz CT molecular complexity index is 1390. The van der Waals surface area contributed by atoms with Crippen molar-refractivity contribution in [2.75, 3.05) is 20.8 Å². The van der Waals surface area contributed by atoms with E-state index < -0.39 is 41.1 Å². The maximum Gasteiger partial charge on any atom is 0.261 e. The van der Waals surface area contributed by atoms with Gasteiger partial charge in [-0.2, -0.15) is 0 Å². The summed E-state index contributed by atoms with van der Waals surface area (Å²) in [7, 11) is -2.07. The van der Waals surface area contributed by atoms with Gasteiger partial charge in [-0.05, 0) is 39.5 Å². The number of methoxy groups -OCH3 is 2. The predicted molar refractivity (Wildman–Crippen MR) is 186 cm³/mol. The van der Waals surface area contributed by atoms with E-state index in [9.17, 15) is 9.90 Å². The van der Waals surface area contributed by atoms with Gasteiger partial charge >= 0.3 is 0 Å². The second-order valence-electron chi connectivity index (χ2n) is 14.0. The Hall–Kier alpha value is -2.80. The van der Waals surface area contributed by atoms with Crippen LogP contribution in [0.2, 0.25) is 23.2 Å². The molecule has 45 heavy (non-hydrogen) atoms. The van der Waals surface area contributed by atoms with Crippen LogP contribution in [0.1, 0.15) is 48.0 Å². The first-order valence-corrected chi connectivity index (χ1v) is 20.3. The van der Waals surface area contributed by atoms with E-state index in [2.05, 4.69) is 103 Å². The van der Waals surface area contributed by atoms with Gasteiger partial charge in [-0.1, -0.05) is 120 Å². The Morgan fingerprint density at radius 3 is 1.93 bits per heavy atom. The van der Waals surface area contributed by atoms with Crippen LogP contribution in [-0.4, -0.2) is 66.8 Å². The molecule has 1 N–H and O–H groups in total. The van der Waals surface area contributed by atoms with E-state index in [4.69, 9.17) is 18.3 Å². The van der Waals surface area contributed by atoms with E-state index in [1.807, 2.05) is 36.4 Å². The van der Waals surface area contributed by atoms with Gasteiger partial charge in [0.2, 0.25) is 6.29 Å². The molecule has 0 saturated heterocycles. The third kappa shape index (κ3) is 8.72. The van der Waals surface area contributed by atoms with E-state index in [-0.39, 0.29) is 28.9 Å². The van der Waals surface area contributed by atoms with Crippen LogP contribution < -0.4 is 10.4 Å². The number of hydrogen-bond donors (Lipinski definition) is 1. The number of carbonyl (C=O) groups excluding carboxylic acids is 1. The van der Waals surface area contributed by atoms with Gasteiger partial charge < -0.3 is 23.4 Å². The first-order chi connectivity index (χ1) is 21.1. The lowest BCUT2D eigenvalue weighted by molar-refractivity contribution is -0.125. The number of ether oxygens (including phenoxy) is 2. The minimum Gasteiger partial charge on any atom is -0.404 e. The molecular formula is C37H50O6Si2. The van der Waals surface area contributed by atoms with Crippen molar-refractivity contribution in [2.24, 2.45) is 5.92 Å². The van der Waals surface area contributed by atoms with Crippen LogP contribution in [0.5, 0.6) is 0 Å². The van der Waals surface area contributed by atoms with Crippen LogP contribution in [0.25, 0.3) is 0 Å². The SMILES string of the molecule is COC(C#C/C=C(\C#C[C@H]1CC(=O)[C@H](O[Si](C)(C)C(C)(C)C)[C@H]1O)CO[Si](c1ccccc1)(c1ccccc1)C(C)(C)C)OC. The average Bonchev–Trinajstić information content (AvgIpc) is 3.24. The molecule has 1 aliphatic carbocycles. The molecule has 0 aromatic heterocycles. The van der Waals surface area contributed by atoms with Gasteiger partial charge in [-0.15, -0.1) is 0 Å². The highest BCUT2D eigenvalue weighted by Crippen LogP contribution is 2.40. The van der Waals surface area contributed by atoms with E-state index in [0.717, 1.165) is 10.4 Å². The van der Waals surface area contributed by atoms with Gasteiger partial charge in [0.15, 0.2) is 14.1 Å². The molecule has 3 rings (SSSR count). The number of aliphatic hydroxyl groups is 1. The molecule has 0 spiro atoms. The van der Waals surface area contributed by atoms with Gasteiger partial charge in [0.1, 0.15) is 12.2 Å². The number of hydrogen-bond acceptors (Lipinski definition) is 6. The van der Waals surface area contributed by atoms with Crippen LogP contribution in [0.4, 0.5) is 0 Å². The van der Waals surface area contributed by atoms with E-state index in [1.54, 1.807) is 6.08 Å². The zero-order valence-corrected chi connectivity index (χ0v) is 30.6. The fourth-order valence-electron chi connectivity index (χ4n) is 5.28. The first kappa shape index (κ1) is 36.7. The summed E-state index contributed by atoms with van der Waals surface area (Å²) in [5.41, 5.74) is 0.634. The van der Waals surface area contributed by atoms with Crippen LogP contribution in [0.15, 0.2) is 72.3 Å². The van der Waals surface area contributed by atoms with Crippen molar-refractivity contribution in [3.8, 4) is 23.7 Å². The average molecular weight is 647 g/mol. The summed E-state index contributed by atoms with van der Waals surface area (Å²) in [5.74, 6) is 11.7. The van der Waals surface area contributed by atoms with Crippen molar-refractivity contribution in [3.05, 3.63) is 72.3 Å². The standard InChI is InChI=1S/C37H50O6Si2/c1-36(2,3)44(9,10)43-35-32(38)26-29(34(35)39)25-24-28(18-17-23-33(40-7)41-8)27-42-45(37(4,5)6,30-19-13-11-14-20-30)31-21-15-12-16-22-31/h11-16,18-22,29,33-35,39H,26-27H2,1-10H3/b28-18+/t29-,34-,35-/m0/s1. The maximum absolute atomic E-state index is 13.0. The number of Topliss-reactive ketones (excluding diaryl/α,β-unsaturated/α-hetero) is 1. The molecule has 0 amide bonds. The van der Waals surface area contributed by atoms with Crippen molar-refractivity contribution in [1.82, 2.24) is 0 Å². The summed E-state index contributed by atoms with van der Waals surface area (Å²) in [6.07, 6.45) is -0.707. The summed E-state index contributed by atoms with van der Waals surface area (Å²) in [5, 5.41) is 13.2. The van der Waals surface area contributed by atoms with Gasteiger partial charge in [0, 0.05) is 32.3 Å². The molecule has 1 aliphatic rings. The molecule has 8 heteroatoms. The number of ketones is 1. The fourth-order valence-corrected chi connectivity index (χ4v) is 11.1. The molecule has 0 bridgehead atoms. The number of rotatable bonds is 9. The minimum absolute atomic E-state index is 0.0914. The highest BCUT2D eigenvalue weighted by molar-refractivity contribution is 6.99. The summed E-state index contributed by atoms with van der Waals surface area (Å²) >= 11 is 0. The minimum atomic E-state index is -2.85. The number of carbonyl (C=O) groups is 1. The Kier molecular flexibility index (Phi) is 12.4. The van der Waals surface area contributed by atoms with E-state index >= 15 is 0 Å². The predicted octanol–water partition coefficient (Wildman–Crippen LogP) is 5.46. The summed E-state index contributed by atoms with van der Waals surface area (Å²) < 4.78 is 23.9. The normalized spacial score (nSPS) is 19.6. The molecule has 2 aromatic carbocycles. The molecule has 242 valence electrons. The molecule has 0 unspecified atom stereocenters. The van der Waals surface area contributed by atoms with Crippen LogP contribution in [0.3, 0.4) is 0 Å². The second kappa shape index (κ2) is 15.2. The molecule has 0 radical (unpaired) electrons. The highest BCUT2D eigenvalue weighted by atomic mass is 28.4. The molecular weight excluding hydrogens is 597 g/mol. The van der Waals surface area contributed by atoms with Gasteiger partial charge in [-0.3, -0.25) is 4.79 Å². The van der Waals surface area contributed by atoms with Gasteiger partial charge in [-0.25, -0.2) is 0 Å². The highest BCUT2D eigenvalue weighted by Gasteiger charge is 2.50. The Morgan fingerprint density at radius 2 is 1.47 bits per heavy atom. The van der Waals surface area contributed by atoms with Gasteiger partial charge in [0.05, 0.1) is 12.5 Å².